The van der Waals surface area contributed by atoms with Crippen LogP contribution < -0.4 is 60.6 Å². The second-order valence-electron chi connectivity index (χ2n) is 19.3. The summed E-state index contributed by atoms with van der Waals surface area (Å²) in [5, 5.41) is 43.5. The van der Waals surface area contributed by atoms with E-state index in [1.165, 1.54) is 37.1 Å². The number of nitrogens with one attached hydrogen (secondary N) is 6. The molecule has 8 atom stereocenters. The summed E-state index contributed by atoms with van der Waals surface area (Å²) in [7, 11) is 0. The molecule has 27 heteroatoms. The number of primary amides is 4. The highest BCUT2D eigenvalue weighted by Gasteiger charge is 2.40. The normalized spacial score (nSPS) is 15.9. The molecule has 1 fully saturated rings. The molecule has 27 nitrogen and oxygen atoms in total. The first kappa shape index (κ1) is 64.7. The predicted molar refractivity (Wildman–Crippen MR) is 272 cm³/mol. The van der Waals surface area contributed by atoms with Crippen molar-refractivity contribution in [1.29, 1.82) is 0 Å². The number of amides is 11. The van der Waals surface area contributed by atoms with E-state index in [0.717, 1.165) is 37.0 Å². The molecule has 11 amide bonds. The fourth-order valence-corrected chi connectivity index (χ4v) is 8.37. The molecule has 1 aliphatic rings. The highest BCUT2D eigenvalue weighted by molar-refractivity contribution is 6.00. The molecule has 1 heterocycles. The van der Waals surface area contributed by atoms with E-state index in [9.17, 15) is 72.9 Å². The Labute approximate surface area is 440 Å². The molecule has 424 valence electrons. The lowest BCUT2D eigenvalue weighted by atomic mass is 9.98. The van der Waals surface area contributed by atoms with Crippen molar-refractivity contribution in [3.63, 3.8) is 0 Å². The third kappa shape index (κ3) is 23.8. The molecule has 2 rings (SSSR count). The van der Waals surface area contributed by atoms with Crippen LogP contribution in [0.2, 0.25) is 0 Å². The van der Waals surface area contributed by atoms with Crippen LogP contribution in [-0.2, 0) is 64.0 Å². The van der Waals surface area contributed by atoms with E-state index in [0.29, 0.717) is 30.7 Å². The molecule has 0 saturated carbocycles. The molecule has 1 aromatic rings. The second kappa shape index (κ2) is 33.5. The summed E-state index contributed by atoms with van der Waals surface area (Å²) < 4.78 is 0. The van der Waals surface area contributed by atoms with Gasteiger partial charge in [-0.05, 0) is 49.3 Å². The molecule has 76 heavy (non-hydrogen) atoms. The number of benzene rings is 1. The molecule has 0 radical (unpaired) electrons. The number of carboxylic acids is 1. The topological polar surface area (TPSA) is 471 Å². The van der Waals surface area contributed by atoms with Crippen LogP contribution in [0.5, 0.6) is 5.75 Å². The number of aliphatic carboxylic acids is 1. The first-order valence-corrected chi connectivity index (χ1v) is 25.4. The fraction of sp³-hybridized carbons (Fsp3) is 0.633. The Hall–Kier alpha value is -7.42. The van der Waals surface area contributed by atoms with Gasteiger partial charge in [0.15, 0.2) is 0 Å². The minimum Gasteiger partial charge on any atom is -0.508 e. The largest absolute Gasteiger partial charge is 0.508 e. The summed E-state index contributed by atoms with van der Waals surface area (Å²) in [4.78, 5) is 157. The van der Waals surface area contributed by atoms with Crippen LogP contribution in [0.15, 0.2) is 24.3 Å². The summed E-state index contributed by atoms with van der Waals surface area (Å²) in [6, 6.07) is -6.61. The summed E-state index contributed by atoms with van der Waals surface area (Å²) in [6.07, 6.45) is 5.11. The number of aromatic hydroxyl groups is 1. The van der Waals surface area contributed by atoms with Gasteiger partial charge >= 0.3 is 5.97 Å². The smallest absolute Gasteiger partial charge is 0.326 e. The van der Waals surface area contributed by atoms with Gasteiger partial charge in [0.2, 0.25) is 65.0 Å². The maximum Gasteiger partial charge on any atom is 0.326 e. The highest BCUT2D eigenvalue weighted by Crippen LogP contribution is 2.20. The number of aliphatic hydroxyl groups excluding tert-OH is 1. The number of hydrogen-bond donors (Lipinski definition) is 14. The van der Waals surface area contributed by atoms with Crippen molar-refractivity contribution < 1.29 is 72.9 Å². The second-order valence-corrected chi connectivity index (χ2v) is 19.3. The highest BCUT2D eigenvalue weighted by atomic mass is 16.4. The average molecular weight is 1080 g/mol. The Morgan fingerprint density at radius 1 is 0.566 bits per heavy atom. The lowest BCUT2D eigenvalue weighted by molar-refractivity contribution is -0.149. The zero-order valence-corrected chi connectivity index (χ0v) is 43.2. The Kier molecular flexibility index (Phi) is 28.5. The first-order valence-electron chi connectivity index (χ1n) is 25.4. The van der Waals surface area contributed by atoms with E-state index in [1.54, 1.807) is 0 Å². The van der Waals surface area contributed by atoms with Crippen LogP contribution >= 0.6 is 0 Å². The maximum absolute atomic E-state index is 14.1. The number of aliphatic hydroxyl groups is 1. The number of nitrogens with two attached hydrogens (primary N) is 5. The molecular weight excluding hydrogens is 997 g/mol. The summed E-state index contributed by atoms with van der Waals surface area (Å²) >= 11 is 0. The SMILES string of the molecule is CC(C)CCCCCCCCCC(CN)C(=O)N[C@@H](CC(N)=O)C(=O)N[C@@H](Cc1ccc(O)cc1)C(=O)N[C@@H](CC(N)=O)C(=O)N[C@@H](CO)C(=O)N[C@@H](CC(N)=O)C(=O)N[C@@H](CCC(N)=O)C(=O)N1CCC[C@H]1C(=O)O. The number of rotatable bonds is 37. The minimum absolute atomic E-state index is 0.00470. The van der Waals surface area contributed by atoms with E-state index in [4.69, 9.17) is 28.7 Å². The average Bonchev–Trinajstić information content (AvgIpc) is 3.85. The number of phenols is 1. The van der Waals surface area contributed by atoms with Crippen molar-refractivity contribution >= 4 is 70.9 Å². The maximum atomic E-state index is 14.1. The van der Waals surface area contributed by atoms with Crippen LogP contribution in [0.1, 0.15) is 122 Å². The van der Waals surface area contributed by atoms with Gasteiger partial charge in [0.1, 0.15) is 48.0 Å². The van der Waals surface area contributed by atoms with Crippen LogP contribution in [0.3, 0.4) is 0 Å². The van der Waals surface area contributed by atoms with Crippen LogP contribution in [-0.4, -0.2) is 153 Å². The number of hydrogen-bond acceptors (Lipinski definition) is 15. The van der Waals surface area contributed by atoms with E-state index in [-0.39, 0.29) is 31.7 Å². The number of likely N-dealkylation sites (tertiary alicyclic amines) is 1. The van der Waals surface area contributed by atoms with Gasteiger partial charge < -0.3 is 80.8 Å². The molecule has 0 aromatic heterocycles. The predicted octanol–water partition coefficient (Wildman–Crippen LogP) is -3.46. The monoisotopic (exact) mass is 1070 g/mol. The molecule has 1 aliphatic heterocycles. The summed E-state index contributed by atoms with van der Waals surface area (Å²) in [5.41, 5.74) is 27.8. The van der Waals surface area contributed by atoms with Gasteiger partial charge in [-0.15, -0.1) is 0 Å². The lowest BCUT2D eigenvalue weighted by Gasteiger charge is -2.29. The molecule has 0 aliphatic carbocycles. The van der Waals surface area contributed by atoms with Gasteiger partial charge in [-0.3, -0.25) is 52.7 Å². The van der Waals surface area contributed by atoms with Gasteiger partial charge in [0.05, 0.1) is 31.8 Å². The van der Waals surface area contributed by atoms with E-state index in [1.807, 2.05) is 0 Å². The van der Waals surface area contributed by atoms with Crippen molar-refractivity contribution in [2.45, 2.75) is 165 Å². The van der Waals surface area contributed by atoms with E-state index in [2.05, 4.69) is 45.7 Å². The number of carboxylic acid groups (broad SMARTS) is 1. The summed E-state index contributed by atoms with van der Waals surface area (Å²) in [6.45, 7) is 3.08. The van der Waals surface area contributed by atoms with Crippen molar-refractivity contribution in [3.8, 4) is 5.75 Å². The molecule has 0 spiro atoms. The standard InChI is InChI=1S/C49H78N12O15/c1-27(2)11-8-6-4-3-5-7-9-12-29(25-50)42(68)56-33(22-39(52)65)45(71)57-32(21-28-14-16-30(63)17-15-28)43(69)58-35(24-41(54)67)46(72)60-36(26-62)47(73)59-34(23-40(53)66)44(70)55-31(18-19-38(51)64)48(74)61-20-10-13-37(61)49(75)76/h14-17,27,29,31-37,62-63H,3-13,18-26,50H2,1-2H3,(H2,51,64)(H2,52,65)(H2,53,66)(H2,54,67)(H,55,70)(H,56,68)(H,57,71)(H,58,69)(H,59,73)(H,60,72)(H,75,76)/t29?,31-,32-,33-,34-,35-,36-,37-/m0/s1. The number of phenolic OH excluding ortho intramolecular Hbond substituents is 1. The lowest BCUT2D eigenvalue weighted by Crippen LogP contribution is -2.61. The number of carbonyl (C=O) groups is 12. The van der Waals surface area contributed by atoms with Gasteiger partial charge in [-0.1, -0.05) is 77.3 Å². The van der Waals surface area contributed by atoms with Gasteiger partial charge in [-0.2, -0.15) is 0 Å². The van der Waals surface area contributed by atoms with Crippen LogP contribution in [0.4, 0.5) is 0 Å². The molecule has 0 bridgehead atoms. The van der Waals surface area contributed by atoms with Gasteiger partial charge in [-0.25, -0.2) is 4.79 Å². The quantitative estimate of drug-likeness (QED) is 0.0288. The number of carbonyl (C=O) groups excluding carboxylic acids is 11. The van der Waals surface area contributed by atoms with Gasteiger partial charge in [0.25, 0.3) is 0 Å². The molecule has 1 unspecified atom stereocenters. The fourth-order valence-electron chi connectivity index (χ4n) is 8.37. The van der Waals surface area contributed by atoms with Crippen molar-refractivity contribution in [3.05, 3.63) is 29.8 Å². The van der Waals surface area contributed by atoms with Crippen molar-refractivity contribution in [2.75, 3.05) is 19.7 Å². The van der Waals surface area contributed by atoms with E-state index < -0.39 is 158 Å². The third-order valence-corrected chi connectivity index (χ3v) is 12.5. The molecule has 19 N–H and O–H groups in total. The molecular formula is C49H78N12O15. The minimum atomic E-state index is -2.00. The Morgan fingerprint density at radius 2 is 0.987 bits per heavy atom. The third-order valence-electron chi connectivity index (χ3n) is 12.5. The summed E-state index contributed by atoms with van der Waals surface area (Å²) in [5.74, 6) is -13.4. The van der Waals surface area contributed by atoms with Crippen molar-refractivity contribution in [1.82, 2.24) is 36.8 Å². The number of unbranched alkanes of at least 4 members (excludes halogenated alkanes) is 6. The Balaban J connectivity index is 2.31. The Bertz CT molecular complexity index is 2180. The van der Waals surface area contributed by atoms with E-state index >= 15 is 0 Å². The Morgan fingerprint density at radius 3 is 1.43 bits per heavy atom. The van der Waals surface area contributed by atoms with Crippen LogP contribution in [0.25, 0.3) is 0 Å². The first-order chi connectivity index (χ1) is 35.9. The zero-order valence-electron chi connectivity index (χ0n) is 43.2. The van der Waals surface area contributed by atoms with Crippen LogP contribution in [0, 0.1) is 11.8 Å². The van der Waals surface area contributed by atoms with Crippen molar-refractivity contribution in [2.24, 2.45) is 40.5 Å². The molecule has 1 aromatic carbocycles. The zero-order chi connectivity index (χ0) is 57.1. The van der Waals surface area contributed by atoms with Gasteiger partial charge in [0, 0.05) is 25.9 Å². The molecule has 1 saturated heterocycles. The number of nitrogens with zero attached hydrogens (tertiary/aromatic N) is 1.